The van der Waals surface area contributed by atoms with E-state index in [2.05, 4.69) is 10.2 Å². The Balaban J connectivity index is 1.49. The lowest BCUT2D eigenvalue weighted by molar-refractivity contribution is -0.146. The molecule has 1 aromatic carbocycles. The number of amides is 2. The van der Waals surface area contributed by atoms with E-state index >= 15 is 0 Å². The Kier molecular flexibility index (Phi) is 6.27. The van der Waals surface area contributed by atoms with Crippen LogP contribution in [0.3, 0.4) is 0 Å². The van der Waals surface area contributed by atoms with Gasteiger partial charge in [-0.1, -0.05) is 30.3 Å². The maximum Gasteiger partial charge on any atom is 0.234 e. The van der Waals surface area contributed by atoms with Crippen LogP contribution in [0.1, 0.15) is 24.8 Å². The number of hydrogen-bond acceptors (Lipinski definition) is 4. The number of rotatable bonds is 7. The van der Waals surface area contributed by atoms with Crippen LogP contribution in [-0.4, -0.2) is 68.1 Å². The van der Waals surface area contributed by atoms with Gasteiger partial charge in [-0.25, -0.2) is 0 Å². The van der Waals surface area contributed by atoms with Crippen LogP contribution in [0.4, 0.5) is 0 Å². The number of methoxy groups -OCH3 is 1. The smallest absolute Gasteiger partial charge is 0.234 e. The third kappa shape index (κ3) is 4.43. The quantitative estimate of drug-likeness (QED) is 0.796. The lowest BCUT2D eigenvalue weighted by Gasteiger charge is -2.39. The second kappa shape index (κ2) is 8.64. The van der Waals surface area contributed by atoms with Crippen molar-refractivity contribution in [2.45, 2.75) is 25.8 Å². The fourth-order valence-corrected chi connectivity index (χ4v) is 4.09. The van der Waals surface area contributed by atoms with Crippen molar-refractivity contribution in [3.05, 3.63) is 35.9 Å². The standard InChI is InChI=1S/C20H29N3O3/c1-26-13-12-23-10-5-8-20(19(23)25)9-11-22(16-20)15-18(24)21-14-17-6-3-2-4-7-17/h2-4,6-7H,5,8-16H2,1H3,(H,21,24). The Labute approximate surface area is 155 Å². The molecule has 2 fully saturated rings. The van der Waals surface area contributed by atoms with Crippen LogP contribution in [-0.2, 0) is 20.9 Å². The molecule has 0 saturated carbocycles. The van der Waals surface area contributed by atoms with Crippen molar-refractivity contribution in [3.8, 4) is 0 Å². The van der Waals surface area contributed by atoms with Crippen LogP contribution in [0, 0.1) is 5.41 Å². The normalized spacial score (nSPS) is 23.6. The van der Waals surface area contributed by atoms with E-state index in [-0.39, 0.29) is 17.2 Å². The van der Waals surface area contributed by atoms with E-state index in [0.717, 1.165) is 37.9 Å². The van der Waals surface area contributed by atoms with Gasteiger partial charge in [0.1, 0.15) is 0 Å². The number of benzene rings is 1. The fourth-order valence-electron chi connectivity index (χ4n) is 4.09. The van der Waals surface area contributed by atoms with Gasteiger partial charge in [-0.05, 0) is 31.4 Å². The highest BCUT2D eigenvalue weighted by Crippen LogP contribution is 2.39. The monoisotopic (exact) mass is 359 g/mol. The molecule has 6 nitrogen and oxygen atoms in total. The molecule has 142 valence electrons. The van der Waals surface area contributed by atoms with Gasteiger partial charge in [0, 0.05) is 33.3 Å². The SMILES string of the molecule is COCCN1CCCC2(CCN(CC(=O)NCc3ccccc3)C2)C1=O. The number of nitrogens with zero attached hydrogens (tertiary/aromatic N) is 2. The second-order valence-electron chi connectivity index (χ2n) is 7.39. The first kappa shape index (κ1) is 18.9. The van der Waals surface area contributed by atoms with Gasteiger partial charge in [-0.2, -0.15) is 0 Å². The third-order valence-electron chi connectivity index (χ3n) is 5.52. The molecule has 26 heavy (non-hydrogen) atoms. The molecule has 1 N–H and O–H groups in total. The largest absolute Gasteiger partial charge is 0.383 e. The average molecular weight is 359 g/mol. The van der Waals surface area contributed by atoms with Crippen LogP contribution in [0.25, 0.3) is 0 Å². The molecule has 2 aliphatic rings. The molecule has 0 bridgehead atoms. The molecule has 1 spiro atoms. The molecule has 0 radical (unpaired) electrons. The van der Waals surface area contributed by atoms with Crippen LogP contribution < -0.4 is 5.32 Å². The van der Waals surface area contributed by atoms with E-state index in [0.29, 0.717) is 32.8 Å². The first-order valence-electron chi connectivity index (χ1n) is 9.44. The topological polar surface area (TPSA) is 61.9 Å². The molecule has 3 rings (SSSR count). The molecule has 2 heterocycles. The predicted molar refractivity (Wildman–Crippen MR) is 99.5 cm³/mol. The molecular weight excluding hydrogens is 330 g/mol. The molecule has 1 atom stereocenters. The molecule has 0 aliphatic carbocycles. The zero-order valence-corrected chi connectivity index (χ0v) is 15.6. The maximum absolute atomic E-state index is 12.9. The van der Waals surface area contributed by atoms with Crippen molar-refractivity contribution in [3.63, 3.8) is 0 Å². The number of carbonyl (C=O) groups is 2. The fraction of sp³-hybridized carbons (Fsp3) is 0.600. The minimum atomic E-state index is -0.300. The van der Waals surface area contributed by atoms with Gasteiger partial charge >= 0.3 is 0 Å². The zero-order valence-electron chi connectivity index (χ0n) is 15.6. The number of likely N-dealkylation sites (tertiary alicyclic amines) is 2. The Hall–Kier alpha value is -1.92. The highest BCUT2D eigenvalue weighted by Gasteiger charge is 2.48. The summed E-state index contributed by atoms with van der Waals surface area (Å²) < 4.78 is 5.12. The van der Waals surface area contributed by atoms with Crippen LogP contribution in [0.15, 0.2) is 30.3 Å². The van der Waals surface area contributed by atoms with Crippen LogP contribution in [0.2, 0.25) is 0 Å². The number of ether oxygens (including phenoxy) is 1. The van der Waals surface area contributed by atoms with Crippen molar-refractivity contribution in [1.82, 2.24) is 15.1 Å². The van der Waals surface area contributed by atoms with E-state index in [1.807, 2.05) is 35.2 Å². The number of nitrogens with one attached hydrogen (secondary N) is 1. The summed E-state index contributed by atoms with van der Waals surface area (Å²) in [4.78, 5) is 29.3. The molecule has 0 aromatic heterocycles. The predicted octanol–water partition coefficient (Wildman–Crippen LogP) is 1.26. The van der Waals surface area contributed by atoms with Crippen molar-refractivity contribution in [2.75, 3.05) is 46.4 Å². The van der Waals surface area contributed by atoms with Gasteiger partial charge < -0.3 is 15.0 Å². The zero-order chi connectivity index (χ0) is 18.4. The molecule has 2 saturated heterocycles. The van der Waals surface area contributed by atoms with Crippen LogP contribution in [0.5, 0.6) is 0 Å². The van der Waals surface area contributed by atoms with E-state index in [1.165, 1.54) is 0 Å². The van der Waals surface area contributed by atoms with E-state index < -0.39 is 0 Å². The summed E-state index contributed by atoms with van der Waals surface area (Å²) in [7, 11) is 1.66. The summed E-state index contributed by atoms with van der Waals surface area (Å²) in [6.45, 7) is 4.46. The van der Waals surface area contributed by atoms with Gasteiger partial charge in [-0.15, -0.1) is 0 Å². The summed E-state index contributed by atoms with van der Waals surface area (Å²) >= 11 is 0. The second-order valence-corrected chi connectivity index (χ2v) is 7.39. The van der Waals surface area contributed by atoms with Crippen LogP contribution >= 0.6 is 0 Å². The van der Waals surface area contributed by atoms with E-state index in [1.54, 1.807) is 7.11 Å². The summed E-state index contributed by atoms with van der Waals surface area (Å²) in [6, 6.07) is 9.90. The van der Waals surface area contributed by atoms with Crippen molar-refractivity contribution in [1.29, 1.82) is 0 Å². The minimum absolute atomic E-state index is 0.0189. The Morgan fingerprint density at radius 3 is 2.81 bits per heavy atom. The Morgan fingerprint density at radius 2 is 2.04 bits per heavy atom. The first-order chi connectivity index (χ1) is 12.6. The van der Waals surface area contributed by atoms with Gasteiger partial charge in [-0.3, -0.25) is 14.5 Å². The molecule has 1 aromatic rings. The summed E-state index contributed by atoms with van der Waals surface area (Å²) in [5.74, 6) is 0.262. The molecular formula is C20H29N3O3. The number of carbonyl (C=O) groups excluding carboxylic acids is 2. The highest BCUT2D eigenvalue weighted by atomic mass is 16.5. The molecule has 1 unspecified atom stereocenters. The highest BCUT2D eigenvalue weighted by molar-refractivity contribution is 5.84. The van der Waals surface area contributed by atoms with Gasteiger partial charge in [0.2, 0.25) is 11.8 Å². The van der Waals surface area contributed by atoms with E-state index in [9.17, 15) is 9.59 Å². The van der Waals surface area contributed by atoms with Crippen molar-refractivity contribution >= 4 is 11.8 Å². The van der Waals surface area contributed by atoms with Gasteiger partial charge in [0.25, 0.3) is 0 Å². The summed E-state index contributed by atoms with van der Waals surface area (Å²) in [5.41, 5.74) is 0.793. The molecule has 6 heteroatoms. The van der Waals surface area contributed by atoms with Gasteiger partial charge in [0.05, 0.1) is 18.6 Å². The van der Waals surface area contributed by atoms with Gasteiger partial charge in [0.15, 0.2) is 0 Å². The lowest BCUT2D eigenvalue weighted by atomic mass is 9.78. The molecule has 2 amide bonds. The van der Waals surface area contributed by atoms with Crippen molar-refractivity contribution in [2.24, 2.45) is 5.41 Å². The minimum Gasteiger partial charge on any atom is -0.383 e. The summed E-state index contributed by atoms with van der Waals surface area (Å²) in [5, 5.41) is 2.97. The maximum atomic E-state index is 12.9. The Bertz CT molecular complexity index is 622. The summed E-state index contributed by atoms with van der Waals surface area (Å²) in [6.07, 6.45) is 2.81. The number of piperidine rings is 1. The molecule has 2 aliphatic heterocycles. The van der Waals surface area contributed by atoms with E-state index in [4.69, 9.17) is 4.74 Å². The van der Waals surface area contributed by atoms with Crippen molar-refractivity contribution < 1.29 is 14.3 Å². The number of hydrogen-bond donors (Lipinski definition) is 1. The third-order valence-corrected chi connectivity index (χ3v) is 5.52. The average Bonchev–Trinajstić information content (AvgIpc) is 3.06. The lowest BCUT2D eigenvalue weighted by Crippen LogP contribution is -2.51. The first-order valence-corrected chi connectivity index (χ1v) is 9.44. The Morgan fingerprint density at radius 1 is 1.23 bits per heavy atom.